The van der Waals surface area contributed by atoms with Gasteiger partial charge in [-0.05, 0) is 26.2 Å². The number of carbonyl (C=O) groups is 2. The van der Waals surface area contributed by atoms with Gasteiger partial charge in [0.2, 0.25) is 5.75 Å². The van der Waals surface area contributed by atoms with Crippen LogP contribution in [0.1, 0.15) is 31.3 Å². The van der Waals surface area contributed by atoms with E-state index in [0.29, 0.717) is 0 Å². The summed E-state index contributed by atoms with van der Waals surface area (Å²) < 4.78 is 15.5. The molecule has 2 rings (SSSR count). The van der Waals surface area contributed by atoms with E-state index in [2.05, 4.69) is 16.5 Å². The average molecular weight is 421 g/mol. The first-order valence-corrected chi connectivity index (χ1v) is 9.16. The maximum absolute atomic E-state index is 12.4. The van der Waals surface area contributed by atoms with E-state index < -0.39 is 28.0 Å². The maximum atomic E-state index is 12.4. The van der Waals surface area contributed by atoms with Crippen molar-refractivity contribution >= 4 is 29.0 Å². The summed E-state index contributed by atoms with van der Waals surface area (Å²) in [7, 11) is 1.12. The SMILES string of the molecule is C=CCOc1nc(-c2sccc2[N+](=O)[O-])nc(C(=O)OC)c1OC(=O)C(C)(C)C. The molecule has 0 saturated heterocycles. The van der Waals surface area contributed by atoms with Crippen molar-refractivity contribution in [3.63, 3.8) is 0 Å². The Labute approximate surface area is 170 Å². The molecule has 0 N–H and O–H groups in total. The lowest BCUT2D eigenvalue weighted by atomic mass is 9.97. The molecule has 0 saturated carbocycles. The molecule has 0 aromatic carbocycles. The third-order valence-electron chi connectivity index (χ3n) is 3.40. The van der Waals surface area contributed by atoms with Crippen molar-refractivity contribution in [2.45, 2.75) is 20.8 Å². The molecule has 0 aliphatic carbocycles. The summed E-state index contributed by atoms with van der Waals surface area (Å²) in [6, 6.07) is 1.29. The van der Waals surface area contributed by atoms with Crippen LogP contribution in [0.25, 0.3) is 10.7 Å². The van der Waals surface area contributed by atoms with Crippen molar-refractivity contribution in [1.29, 1.82) is 0 Å². The molecule has 10 nitrogen and oxygen atoms in total. The second-order valence-electron chi connectivity index (χ2n) is 6.65. The summed E-state index contributed by atoms with van der Waals surface area (Å²) in [6.45, 7) is 8.39. The van der Waals surface area contributed by atoms with Crippen molar-refractivity contribution in [3.05, 3.63) is 39.9 Å². The minimum atomic E-state index is -0.923. The van der Waals surface area contributed by atoms with E-state index in [-0.39, 0.29) is 34.6 Å². The third-order valence-corrected chi connectivity index (χ3v) is 4.30. The highest BCUT2D eigenvalue weighted by atomic mass is 32.1. The van der Waals surface area contributed by atoms with E-state index in [1.807, 2.05) is 0 Å². The highest BCUT2D eigenvalue weighted by Gasteiger charge is 2.32. The minimum absolute atomic E-state index is 0.0241. The molecule has 29 heavy (non-hydrogen) atoms. The van der Waals surface area contributed by atoms with E-state index >= 15 is 0 Å². The van der Waals surface area contributed by atoms with Crippen molar-refractivity contribution < 1.29 is 28.7 Å². The molecule has 0 bridgehead atoms. The van der Waals surface area contributed by atoms with Crippen LogP contribution in [0.15, 0.2) is 24.1 Å². The highest BCUT2D eigenvalue weighted by molar-refractivity contribution is 7.14. The van der Waals surface area contributed by atoms with Gasteiger partial charge in [0.05, 0.1) is 17.4 Å². The second kappa shape index (κ2) is 8.78. The zero-order chi connectivity index (χ0) is 21.8. The lowest BCUT2D eigenvalue weighted by Crippen LogP contribution is -2.27. The Hall–Kier alpha value is -3.34. The zero-order valence-electron chi connectivity index (χ0n) is 16.3. The maximum Gasteiger partial charge on any atom is 0.360 e. The van der Waals surface area contributed by atoms with Crippen LogP contribution in [-0.2, 0) is 9.53 Å². The Balaban J connectivity index is 2.72. The Kier molecular flexibility index (Phi) is 6.64. The number of hydrogen-bond acceptors (Lipinski definition) is 10. The van der Waals surface area contributed by atoms with Crippen molar-refractivity contribution in [3.8, 4) is 22.3 Å². The van der Waals surface area contributed by atoms with Gasteiger partial charge in [0.1, 0.15) is 11.5 Å². The molecule has 0 radical (unpaired) electrons. The Morgan fingerprint density at radius 1 is 1.34 bits per heavy atom. The molecular weight excluding hydrogens is 402 g/mol. The average Bonchev–Trinajstić information content (AvgIpc) is 3.15. The number of carbonyl (C=O) groups excluding carboxylic acids is 2. The summed E-state index contributed by atoms with van der Waals surface area (Å²) in [5.41, 5.74) is -1.52. The summed E-state index contributed by atoms with van der Waals surface area (Å²) in [4.78, 5) is 43.7. The predicted molar refractivity (Wildman–Crippen MR) is 104 cm³/mol. The molecule has 0 aliphatic rings. The van der Waals surface area contributed by atoms with Gasteiger partial charge in [-0.25, -0.2) is 9.78 Å². The van der Waals surface area contributed by atoms with Crippen LogP contribution in [0.2, 0.25) is 0 Å². The number of esters is 2. The quantitative estimate of drug-likeness (QED) is 0.285. The fraction of sp³-hybridized carbons (Fsp3) is 0.333. The number of hydrogen-bond donors (Lipinski definition) is 0. The summed E-state index contributed by atoms with van der Waals surface area (Å²) in [5.74, 6) is -2.29. The van der Waals surface area contributed by atoms with E-state index in [0.717, 1.165) is 18.4 Å². The summed E-state index contributed by atoms with van der Waals surface area (Å²) >= 11 is 1.01. The van der Waals surface area contributed by atoms with Crippen LogP contribution in [0.5, 0.6) is 11.6 Å². The van der Waals surface area contributed by atoms with Crippen molar-refractivity contribution in [2.75, 3.05) is 13.7 Å². The number of nitro groups is 1. The fourth-order valence-electron chi connectivity index (χ4n) is 1.95. The Morgan fingerprint density at radius 3 is 2.59 bits per heavy atom. The van der Waals surface area contributed by atoms with E-state index in [4.69, 9.17) is 14.2 Å². The van der Waals surface area contributed by atoms with Gasteiger partial charge in [-0.1, -0.05) is 12.7 Å². The van der Waals surface area contributed by atoms with Gasteiger partial charge in [-0.15, -0.1) is 11.3 Å². The summed E-state index contributed by atoms with van der Waals surface area (Å²) in [5, 5.41) is 12.8. The molecule has 0 fully saturated rings. The fourth-order valence-corrected chi connectivity index (χ4v) is 2.75. The predicted octanol–water partition coefficient (Wildman–Crippen LogP) is 3.42. The monoisotopic (exact) mass is 421 g/mol. The van der Waals surface area contributed by atoms with Crippen LogP contribution >= 0.6 is 11.3 Å². The standard InChI is InChI=1S/C18H19N3O7S/c1-6-8-27-15-12(28-17(23)18(2,3)4)11(16(22)26-5)19-14(20-15)13-10(21(24)25)7-9-29-13/h6-7,9H,1,8H2,2-5H3. The molecule has 11 heteroatoms. The number of rotatable bonds is 7. The van der Waals surface area contributed by atoms with E-state index in [1.165, 1.54) is 17.5 Å². The second-order valence-corrected chi connectivity index (χ2v) is 7.57. The molecule has 0 aliphatic heterocycles. The number of nitrogens with zero attached hydrogens (tertiary/aromatic N) is 3. The van der Waals surface area contributed by atoms with Crippen LogP contribution in [0, 0.1) is 15.5 Å². The lowest BCUT2D eigenvalue weighted by Gasteiger charge is -2.19. The van der Waals surface area contributed by atoms with Gasteiger partial charge in [0.25, 0.3) is 11.6 Å². The molecule has 0 amide bonds. The number of thiophene rings is 1. The summed E-state index contributed by atoms with van der Waals surface area (Å²) in [6.07, 6.45) is 1.42. The van der Waals surface area contributed by atoms with Crippen LogP contribution in [0.3, 0.4) is 0 Å². The van der Waals surface area contributed by atoms with Gasteiger partial charge < -0.3 is 14.2 Å². The Morgan fingerprint density at radius 2 is 2.03 bits per heavy atom. The van der Waals surface area contributed by atoms with Crippen molar-refractivity contribution in [1.82, 2.24) is 9.97 Å². The first kappa shape index (κ1) is 22.0. The van der Waals surface area contributed by atoms with Gasteiger partial charge in [-0.2, -0.15) is 4.98 Å². The zero-order valence-corrected chi connectivity index (χ0v) is 17.1. The first-order chi connectivity index (χ1) is 13.6. The molecule has 2 aromatic heterocycles. The van der Waals surface area contributed by atoms with Gasteiger partial charge >= 0.3 is 11.9 Å². The smallest absolute Gasteiger partial charge is 0.360 e. The molecule has 154 valence electrons. The molecule has 0 unspecified atom stereocenters. The number of aromatic nitrogens is 2. The molecular formula is C18H19N3O7S. The normalized spacial score (nSPS) is 10.9. The van der Waals surface area contributed by atoms with Crippen LogP contribution in [0.4, 0.5) is 5.69 Å². The Bertz CT molecular complexity index is 963. The van der Waals surface area contributed by atoms with E-state index in [1.54, 1.807) is 20.8 Å². The third kappa shape index (κ3) is 4.93. The highest BCUT2D eigenvalue weighted by Crippen LogP contribution is 2.38. The van der Waals surface area contributed by atoms with Crippen molar-refractivity contribution in [2.24, 2.45) is 5.41 Å². The molecule has 2 aromatic rings. The van der Waals surface area contributed by atoms with Gasteiger partial charge in [-0.3, -0.25) is 14.9 Å². The van der Waals surface area contributed by atoms with Gasteiger partial charge in [0.15, 0.2) is 11.5 Å². The molecule has 0 spiro atoms. The van der Waals surface area contributed by atoms with Crippen LogP contribution in [-0.4, -0.2) is 40.5 Å². The first-order valence-electron chi connectivity index (χ1n) is 8.28. The lowest BCUT2D eigenvalue weighted by molar-refractivity contribution is -0.383. The van der Waals surface area contributed by atoms with E-state index in [9.17, 15) is 19.7 Å². The van der Waals surface area contributed by atoms with Crippen LogP contribution < -0.4 is 9.47 Å². The molecule has 0 atom stereocenters. The minimum Gasteiger partial charge on any atom is -0.471 e. The topological polar surface area (TPSA) is 131 Å². The largest absolute Gasteiger partial charge is 0.471 e. The number of methoxy groups -OCH3 is 1. The number of ether oxygens (including phenoxy) is 3. The van der Waals surface area contributed by atoms with Gasteiger partial charge in [0, 0.05) is 6.07 Å². The molecule has 2 heterocycles.